The van der Waals surface area contributed by atoms with Gasteiger partial charge in [0.05, 0.1) is 17.3 Å². The van der Waals surface area contributed by atoms with Crippen molar-refractivity contribution in [2.45, 2.75) is 37.8 Å². The fraction of sp³-hybridized carbons (Fsp3) is 0.435. The van der Waals surface area contributed by atoms with E-state index in [4.69, 9.17) is 9.47 Å². The number of sulfone groups is 1. The molecule has 0 spiro atoms. The van der Waals surface area contributed by atoms with E-state index >= 15 is 0 Å². The summed E-state index contributed by atoms with van der Waals surface area (Å²) in [7, 11) is -0.0897. The predicted octanol–water partition coefficient (Wildman–Crippen LogP) is 2.94. The highest BCUT2D eigenvalue weighted by molar-refractivity contribution is 7.91. The molecule has 1 atom stereocenters. The van der Waals surface area contributed by atoms with E-state index in [1.165, 1.54) is 0 Å². The third kappa shape index (κ3) is 7.88. The van der Waals surface area contributed by atoms with Crippen molar-refractivity contribution in [2.75, 3.05) is 33.1 Å². The predicted molar refractivity (Wildman–Crippen MR) is 124 cm³/mol. The summed E-state index contributed by atoms with van der Waals surface area (Å²) in [4.78, 5) is 4.58. The average Bonchev–Trinajstić information content (AvgIpc) is 2.77. The van der Waals surface area contributed by atoms with Crippen LogP contribution in [0.3, 0.4) is 0 Å². The Morgan fingerprint density at radius 1 is 1.13 bits per heavy atom. The van der Waals surface area contributed by atoms with Gasteiger partial charge in [-0.3, -0.25) is 4.99 Å². The second-order valence-corrected chi connectivity index (χ2v) is 9.26. The van der Waals surface area contributed by atoms with Crippen LogP contribution in [0.25, 0.3) is 0 Å². The number of rotatable bonds is 11. The number of methoxy groups -OCH3 is 1. The topological polar surface area (TPSA) is 89.0 Å². The highest BCUT2D eigenvalue weighted by Gasteiger charge is 2.21. The number of hydrogen-bond acceptors (Lipinski definition) is 5. The normalized spacial score (nSPS) is 13.0. The minimum atomic E-state index is -3.39. The SMILES string of the molecule is CCC(CS(=O)(=O)c1ccccc1)NC(=NC)NCc1ccc(C)cc1OCCOC. The summed E-state index contributed by atoms with van der Waals surface area (Å²) in [6.45, 7) is 5.44. The number of nitrogens with one attached hydrogen (secondary N) is 2. The Balaban J connectivity index is 2.01. The van der Waals surface area contributed by atoms with E-state index in [1.807, 2.05) is 32.0 Å². The minimum absolute atomic E-state index is 0.00980. The van der Waals surface area contributed by atoms with Crippen LogP contribution in [0.1, 0.15) is 24.5 Å². The van der Waals surface area contributed by atoms with Gasteiger partial charge in [-0.2, -0.15) is 0 Å². The van der Waals surface area contributed by atoms with Gasteiger partial charge in [0.15, 0.2) is 15.8 Å². The first-order valence-corrected chi connectivity index (χ1v) is 12.0. The summed E-state index contributed by atoms with van der Waals surface area (Å²) < 4.78 is 36.3. The zero-order chi connectivity index (χ0) is 22.7. The van der Waals surface area contributed by atoms with E-state index < -0.39 is 9.84 Å². The molecule has 0 fully saturated rings. The highest BCUT2D eigenvalue weighted by Crippen LogP contribution is 2.20. The van der Waals surface area contributed by atoms with Crippen LogP contribution in [0.4, 0.5) is 0 Å². The summed E-state index contributed by atoms with van der Waals surface area (Å²) in [5.41, 5.74) is 2.09. The maximum Gasteiger partial charge on any atom is 0.191 e. The number of aliphatic imine (C=N–C) groups is 1. The molecule has 170 valence electrons. The second kappa shape index (κ2) is 12.3. The second-order valence-electron chi connectivity index (χ2n) is 7.22. The van der Waals surface area contributed by atoms with Gasteiger partial charge in [-0.1, -0.05) is 37.3 Å². The van der Waals surface area contributed by atoms with Gasteiger partial charge >= 0.3 is 0 Å². The number of nitrogens with zero attached hydrogens (tertiary/aromatic N) is 1. The van der Waals surface area contributed by atoms with Crippen LogP contribution in [0.15, 0.2) is 58.4 Å². The Bertz CT molecular complexity index is 947. The molecule has 0 aliphatic heterocycles. The Kier molecular flexibility index (Phi) is 9.81. The van der Waals surface area contributed by atoms with Crippen molar-refractivity contribution in [3.8, 4) is 5.75 Å². The first-order valence-electron chi connectivity index (χ1n) is 10.4. The molecule has 1 unspecified atom stereocenters. The van der Waals surface area contributed by atoms with Crippen LogP contribution in [-0.4, -0.2) is 53.5 Å². The van der Waals surface area contributed by atoms with Crippen molar-refractivity contribution in [2.24, 2.45) is 4.99 Å². The van der Waals surface area contributed by atoms with Crippen LogP contribution in [0.5, 0.6) is 5.75 Å². The molecule has 0 amide bonds. The average molecular weight is 448 g/mol. The lowest BCUT2D eigenvalue weighted by Gasteiger charge is -2.21. The summed E-state index contributed by atoms with van der Waals surface area (Å²) in [5.74, 6) is 1.32. The van der Waals surface area contributed by atoms with Crippen LogP contribution in [0, 0.1) is 6.92 Å². The summed E-state index contributed by atoms with van der Waals surface area (Å²) in [6.07, 6.45) is 0.642. The molecule has 0 saturated heterocycles. The largest absolute Gasteiger partial charge is 0.491 e. The van der Waals surface area contributed by atoms with Gasteiger partial charge in [0, 0.05) is 32.3 Å². The molecule has 0 aromatic heterocycles. The fourth-order valence-corrected chi connectivity index (χ4v) is 4.61. The number of ether oxygens (including phenoxy) is 2. The van der Waals surface area contributed by atoms with Gasteiger partial charge in [-0.25, -0.2) is 8.42 Å². The zero-order valence-corrected chi connectivity index (χ0v) is 19.5. The van der Waals surface area contributed by atoms with E-state index in [-0.39, 0.29) is 11.8 Å². The molecule has 31 heavy (non-hydrogen) atoms. The molecule has 0 bridgehead atoms. The quantitative estimate of drug-likeness (QED) is 0.313. The van der Waals surface area contributed by atoms with E-state index in [2.05, 4.69) is 15.6 Å². The molecule has 0 heterocycles. The lowest BCUT2D eigenvalue weighted by Crippen LogP contribution is -2.45. The Hall–Kier alpha value is -2.58. The van der Waals surface area contributed by atoms with Crippen molar-refractivity contribution >= 4 is 15.8 Å². The fourth-order valence-electron chi connectivity index (χ4n) is 2.99. The van der Waals surface area contributed by atoms with Gasteiger partial charge in [0.1, 0.15) is 12.4 Å². The maximum absolute atomic E-state index is 12.7. The summed E-state index contributed by atoms with van der Waals surface area (Å²) >= 11 is 0. The number of aryl methyl sites for hydroxylation is 1. The molecular weight excluding hydrogens is 414 g/mol. The maximum atomic E-state index is 12.7. The standard InChI is InChI=1S/C23H33N3O4S/c1-5-20(17-31(27,28)21-9-7-6-8-10-21)26-23(24-3)25-16-19-12-11-18(2)15-22(19)30-14-13-29-4/h6-12,15,20H,5,13-14,16-17H2,1-4H3,(H2,24,25,26). The van der Waals surface area contributed by atoms with Crippen molar-refractivity contribution in [3.05, 3.63) is 59.7 Å². The monoisotopic (exact) mass is 447 g/mol. The number of guanidine groups is 1. The van der Waals surface area contributed by atoms with Gasteiger partial charge < -0.3 is 20.1 Å². The van der Waals surface area contributed by atoms with Gasteiger partial charge in [-0.15, -0.1) is 0 Å². The first-order chi connectivity index (χ1) is 14.9. The molecule has 2 aromatic carbocycles. The number of benzene rings is 2. The van der Waals surface area contributed by atoms with Crippen LogP contribution in [0.2, 0.25) is 0 Å². The smallest absolute Gasteiger partial charge is 0.191 e. The Morgan fingerprint density at radius 2 is 1.87 bits per heavy atom. The Morgan fingerprint density at radius 3 is 2.52 bits per heavy atom. The molecule has 7 nitrogen and oxygen atoms in total. The molecule has 8 heteroatoms. The zero-order valence-electron chi connectivity index (χ0n) is 18.7. The highest BCUT2D eigenvalue weighted by atomic mass is 32.2. The molecule has 0 aliphatic carbocycles. The van der Waals surface area contributed by atoms with Crippen molar-refractivity contribution in [3.63, 3.8) is 0 Å². The van der Waals surface area contributed by atoms with E-state index in [9.17, 15) is 8.42 Å². The van der Waals surface area contributed by atoms with E-state index in [0.717, 1.165) is 16.9 Å². The molecule has 2 N–H and O–H groups in total. The third-order valence-corrected chi connectivity index (χ3v) is 6.63. The minimum Gasteiger partial charge on any atom is -0.491 e. The van der Waals surface area contributed by atoms with Crippen LogP contribution >= 0.6 is 0 Å². The lowest BCUT2D eigenvalue weighted by atomic mass is 10.1. The third-order valence-electron chi connectivity index (χ3n) is 4.79. The van der Waals surface area contributed by atoms with E-state index in [0.29, 0.717) is 37.0 Å². The van der Waals surface area contributed by atoms with Crippen molar-refractivity contribution in [1.29, 1.82) is 0 Å². The van der Waals surface area contributed by atoms with Crippen LogP contribution in [-0.2, 0) is 21.1 Å². The first kappa shape index (κ1) is 24.7. The molecular formula is C23H33N3O4S. The Labute approximate surface area is 185 Å². The molecule has 0 saturated carbocycles. The van der Waals surface area contributed by atoms with Crippen molar-refractivity contribution < 1.29 is 17.9 Å². The molecule has 2 rings (SSSR count). The van der Waals surface area contributed by atoms with E-state index in [1.54, 1.807) is 44.5 Å². The van der Waals surface area contributed by atoms with Crippen molar-refractivity contribution in [1.82, 2.24) is 10.6 Å². The molecule has 0 aliphatic rings. The van der Waals surface area contributed by atoms with Gasteiger partial charge in [0.2, 0.25) is 0 Å². The summed E-state index contributed by atoms with van der Waals surface area (Å²) in [6, 6.07) is 14.3. The number of hydrogen-bond donors (Lipinski definition) is 2. The molecule has 0 radical (unpaired) electrons. The van der Waals surface area contributed by atoms with Gasteiger partial charge in [0.25, 0.3) is 0 Å². The molecule has 2 aromatic rings. The van der Waals surface area contributed by atoms with Gasteiger partial charge in [-0.05, 0) is 37.1 Å². The summed E-state index contributed by atoms with van der Waals surface area (Å²) in [5, 5.41) is 6.49. The lowest BCUT2D eigenvalue weighted by molar-refractivity contribution is 0.145. The van der Waals surface area contributed by atoms with Crippen LogP contribution < -0.4 is 15.4 Å².